The molecule has 1 amide bonds. The van der Waals surface area contributed by atoms with Crippen LogP contribution in [0.5, 0.6) is 5.75 Å². The van der Waals surface area contributed by atoms with Gasteiger partial charge in [-0.15, -0.1) is 0 Å². The number of aromatic carboxylic acids is 1. The molecule has 0 aliphatic carbocycles. The molecule has 3 N–H and O–H groups in total. The number of aromatic amines is 1. The molecule has 19 heavy (non-hydrogen) atoms. The van der Waals surface area contributed by atoms with E-state index < -0.39 is 11.9 Å². The van der Waals surface area contributed by atoms with Gasteiger partial charge in [-0.1, -0.05) is 0 Å². The summed E-state index contributed by atoms with van der Waals surface area (Å²) in [5.41, 5.74) is 0.286. The maximum atomic E-state index is 11.9. The fraction of sp³-hybridized carbons (Fsp3) is 0.0833. The van der Waals surface area contributed by atoms with E-state index in [9.17, 15) is 9.59 Å². The molecule has 0 radical (unpaired) electrons. The van der Waals surface area contributed by atoms with Gasteiger partial charge in [0.15, 0.2) is 0 Å². The van der Waals surface area contributed by atoms with E-state index >= 15 is 0 Å². The van der Waals surface area contributed by atoms with Crippen molar-refractivity contribution >= 4 is 17.7 Å². The molecule has 2 rings (SSSR count). The van der Waals surface area contributed by atoms with Crippen molar-refractivity contribution in [2.45, 2.75) is 0 Å². The number of aromatic nitrogens is 2. The molecular formula is C12H11N3O4. The summed E-state index contributed by atoms with van der Waals surface area (Å²) < 4.78 is 4.98. The molecule has 2 aromatic rings. The zero-order valence-corrected chi connectivity index (χ0v) is 10.0. The average Bonchev–Trinajstić information content (AvgIpc) is 2.87. The lowest BCUT2D eigenvalue weighted by molar-refractivity contribution is 0.0698. The third-order valence-electron chi connectivity index (χ3n) is 2.46. The molecular weight excluding hydrogens is 250 g/mol. The minimum atomic E-state index is -1.17. The number of carboxylic acid groups (broad SMARTS) is 1. The van der Waals surface area contributed by atoms with Crippen LogP contribution < -0.4 is 10.1 Å². The molecule has 0 aliphatic rings. The maximum absolute atomic E-state index is 11.9. The van der Waals surface area contributed by atoms with Crippen molar-refractivity contribution in [2.75, 3.05) is 12.4 Å². The second kappa shape index (κ2) is 5.21. The van der Waals surface area contributed by atoms with Crippen molar-refractivity contribution in [1.29, 1.82) is 0 Å². The normalized spacial score (nSPS) is 9.95. The summed E-state index contributed by atoms with van der Waals surface area (Å²) in [6.45, 7) is 0. The number of carbonyl (C=O) groups excluding carboxylic acids is 1. The molecule has 7 heteroatoms. The quantitative estimate of drug-likeness (QED) is 0.771. The van der Waals surface area contributed by atoms with E-state index in [-0.39, 0.29) is 11.4 Å². The lowest BCUT2D eigenvalue weighted by Gasteiger charge is -2.05. The predicted octanol–water partition coefficient (Wildman–Crippen LogP) is 1.37. The maximum Gasteiger partial charge on any atom is 0.341 e. The van der Waals surface area contributed by atoms with Crippen molar-refractivity contribution in [3.8, 4) is 5.75 Å². The molecule has 1 aromatic heterocycles. The number of methoxy groups -OCH3 is 1. The van der Waals surface area contributed by atoms with Crippen molar-refractivity contribution in [2.24, 2.45) is 0 Å². The molecule has 0 unspecified atom stereocenters. The van der Waals surface area contributed by atoms with Crippen LogP contribution in [0.1, 0.15) is 20.7 Å². The first kappa shape index (κ1) is 12.6. The van der Waals surface area contributed by atoms with Gasteiger partial charge in [-0.25, -0.2) is 4.79 Å². The molecule has 1 heterocycles. The van der Waals surface area contributed by atoms with Crippen LogP contribution in [-0.2, 0) is 0 Å². The zero-order valence-electron chi connectivity index (χ0n) is 10.0. The standard InChI is InChI=1S/C12H11N3O4/c1-19-8-4-2-7(3-5-8)11(16)14-10-9(12(17)18)6-13-15-10/h2-6H,1H3,(H,17,18)(H2,13,14,15,16). The lowest BCUT2D eigenvalue weighted by Crippen LogP contribution is -2.14. The van der Waals surface area contributed by atoms with Gasteiger partial charge in [-0.3, -0.25) is 9.89 Å². The first-order valence-corrected chi connectivity index (χ1v) is 5.34. The van der Waals surface area contributed by atoms with E-state index in [0.29, 0.717) is 11.3 Å². The van der Waals surface area contributed by atoms with E-state index in [0.717, 1.165) is 6.20 Å². The number of amides is 1. The summed E-state index contributed by atoms with van der Waals surface area (Å²) in [5.74, 6) is -0.925. The first-order chi connectivity index (χ1) is 9.11. The number of hydrogen-bond donors (Lipinski definition) is 3. The Morgan fingerprint density at radius 1 is 1.32 bits per heavy atom. The van der Waals surface area contributed by atoms with Gasteiger partial charge < -0.3 is 15.2 Å². The predicted molar refractivity (Wildman–Crippen MR) is 66.5 cm³/mol. The Morgan fingerprint density at radius 2 is 2.00 bits per heavy atom. The summed E-state index contributed by atoms with van der Waals surface area (Å²) in [6, 6.07) is 6.43. The Bertz CT molecular complexity index is 604. The second-order valence-electron chi connectivity index (χ2n) is 3.65. The number of nitrogens with one attached hydrogen (secondary N) is 2. The largest absolute Gasteiger partial charge is 0.497 e. The number of H-pyrrole nitrogens is 1. The number of carbonyl (C=O) groups is 2. The van der Waals surface area contributed by atoms with Crippen LogP contribution in [0.3, 0.4) is 0 Å². The average molecular weight is 261 g/mol. The van der Waals surface area contributed by atoms with Gasteiger partial charge in [0.25, 0.3) is 5.91 Å². The molecule has 0 aliphatic heterocycles. The smallest absolute Gasteiger partial charge is 0.341 e. The third kappa shape index (κ3) is 2.71. The summed E-state index contributed by atoms with van der Waals surface area (Å²) >= 11 is 0. The Labute approximate surface area is 108 Å². The second-order valence-corrected chi connectivity index (χ2v) is 3.65. The number of rotatable bonds is 4. The monoisotopic (exact) mass is 261 g/mol. The van der Waals surface area contributed by atoms with E-state index in [1.54, 1.807) is 24.3 Å². The fourth-order valence-electron chi connectivity index (χ4n) is 1.47. The lowest BCUT2D eigenvalue weighted by atomic mass is 10.2. The Hall–Kier alpha value is -2.83. The summed E-state index contributed by atoms with van der Waals surface area (Å²) in [6.07, 6.45) is 1.13. The van der Waals surface area contributed by atoms with Crippen molar-refractivity contribution in [3.63, 3.8) is 0 Å². The van der Waals surface area contributed by atoms with Crippen LogP contribution in [0.25, 0.3) is 0 Å². The van der Waals surface area contributed by atoms with Gasteiger partial charge in [0.2, 0.25) is 0 Å². The Morgan fingerprint density at radius 3 is 2.58 bits per heavy atom. The summed E-state index contributed by atoms with van der Waals surface area (Å²) in [5, 5.41) is 17.3. The van der Waals surface area contributed by atoms with E-state index in [4.69, 9.17) is 9.84 Å². The highest BCUT2D eigenvalue weighted by atomic mass is 16.5. The number of nitrogens with zero attached hydrogens (tertiary/aromatic N) is 1. The Balaban J connectivity index is 2.16. The van der Waals surface area contributed by atoms with Crippen molar-refractivity contribution < 1.29 is 19.4 Å². The highest BCUT2D eigenvalue weighted by Crippen LogP contribution is 2.15. The molecule has 0 saturated carbocycles. The van der Waals surface area contributed by atoms with Crippen LogP contribution in [0, 0.1) is 0 Å². The first-order valence-electron chi connectivity index (χ1n) is 5.34. The van der Waals surface area contributed by atoms with Crippen LogP contribution in [0.2, 0.25) is 0 Å². The number of ether oxygens (including phenoxy) is 1. The van der Waals surface area contributed by atoms with Crippen molar-refractivity contribution in [3.05, 3.63) is 41.6 Å². The molecule has 7 nitrogen and oxygen atoms in total. The van der Waals surface area contributed by atoms with Crippen LogP contribution >= 0.6 is 0 Å². The Kier molecular flexibility index (Phi) is 3.46. The van der Waals surface area contributed by atoms with Gasteiger partial charge in [-0.05, 0) is 24.3 Å². The highest BCUT2D eigenvalue weighted by molar-refractivity contribution is 6.06. The number of anilines is 1. The molecule has 0 spiro atoms. The van der Waals surface area contributed by atoms with Gasteiger partial charge in [0, 0.05) is 5.56 Å². The van der Waals surface area contributed by atoms with Crippen LogP contribution in [-0.4, -0.2) is 34.3 Å². The fourth-order valence-corrected chi connectivity index (χ4v) is 1.47. The molecule has 0 fully saturated rings. The number of benzene rings is 1. The molecule has 98 valence electrons. The van der Waals surface area contributed by atoms with E-state index in [1.807, 2.05) is 0 Å². The summed E-state index contributed by atoms with van der Waals surface area (Å²) in [4.78, 5) is 22.8. The number of hydrogen-bond acceptors (Lipinski definition) is 4. The molecule has 1 aromatic carbocycles. The number of carboxylic acids is 1. The minimum absolute atomic E-state index is 0.0494. The third-order valence-corrected chi connectivity index (χ3v) is 2.46. The molecule has 0 bridgehead atoms. The van der Waals surface area contributed by atoms with E-state index in [2.05, 4.69) is 15.5 Å². The molecule has 0 saturated heterocycles. The SMILES string of the molecule is COc1ccc(C(=O)Nc2[nH]ncc2C(=O)O)cc1. The van der Waals surface area contributed by atoms with Crippen LogP contribution in [0.4, 0.5) is 5.82 Å². The highest BCUT2D eigenvalue weighted by Gasteiger charge is 2.15. The van der Waals surface area contributed by atoms with Gasteiger partial charge in [-0.2, -0.15) is 5.10 Å². The molecule has 0 atom stereocenters. The zero-order chi connectivity index (χ0) is 13.8. The van der Waals surface area contributed by atoms with Gasteiger partial charge in [0.05, 0.1) is 13.3 Å². The van der Waals surface area contributed by atoms with Crippen molar-refractivity contribution in [1.82, 2.24) is 10.2 Å². The van der Waals surface area contributed by atoms with Gasteiger partial charge in [0.1, 0.15) is 17.1 Å². The van der Waals surface area contributed by atoms with Crippen LogP contribution in [0.15, 0.2) is 30.5 Å². The van der Waals surface area contributed by atoms with Gasteiger partial charge >= 0.3 is 5.97 Å². The van der Waals surface area contributed by atoms with E-state index in [1.165, 1.54) is 7.11 Å². The topological polar surface area (TPSA) is 104 Å². The summed E-state index contributed by atoms with van der Waals surface area (Å²) in [7, 11) is 1.53. The minimum Gasteiger partial charge on any atom is -0.497 e.